The SMILES string of the molecule is CCN1C(=O)/C(=C/c2cn(CC(=O)NCc3ccco3)c3ccccc23)SC1=S. The lowest BCUT2D eigenvalue weighted by molar-refractivity contribution is -0.122. The fourth-order valence-corrected chi connectivity index (χ4v) is 4.62. The first-order chi connectivity index (χ1) is 14.1. The van der Waals surface area contributed by atoms with Crippen molar-refractivity contribution in [2.24, 2.45) is 0 Å². The zero-order chi connectivity index (χ0) is 20.4. The molecule has 0 bridgehead atoms. The number of thiocarbonyl (C=S) groups is 1. The predicted molar refractivity (Wildman–Crippen MR) is 118 cm³/mol. The molecule has 148 valence electrons. The molecule has 0 aliphatic carbocycles. The summed E-state index contributed by atoms with van der Waals surface area (Å²) in [5.74, 6) is 0.510. The lowest BCUT2D eigenvalue weighted by atomic mass is 10.1. The van der Waals surface area contributed by atoms with E-state index in [1.807, 2.05) is 54.1 Å². The molecule has 0 unspecified atom stereocenters. The molecule has 1 aromatic carbocycles. The minimum absolute atomic E-state index is 0.0736. The number of hydrogen-bond acceptors (Lipinski definition) is 5. The standard InChI is InChI=1S/C21H19N3O3S2/c1-2-24-20(26)18(29-21(24)28)10-14-12-23(17-8-4-3-7-16(14)17)13-19(25)22-11-15-6-5-9-27-15/h3-10,12H,2,11,13H2,1H3,(H,22,25)/b18-10-. The first-order valence-corrected chi connectivity index (χ1v) is 10.4. The molecule has 29 heavy (non-hydrogen) atoms. The third kappa shape index (κ3) is 3.99. The Hall–Kier alpha value is -2.84. The lowest BCUT2D eigenvalue weighted by Gasteiger charge is -2.09. The number of thioether (sulfide) groups is 1. The Labute approximate surface area is 177 Å². The fourth-order valence-electron chi connectivity index (χ4n) is 3.24. The van der Waals surface area contributed by atoms with Gasteiger partial charge in [-0.15, -0.1) is 0 Å². The van der Waals surface area contributed by atoms with Crippen LogP contribution in [0.15, 0.2) is 58.2 Å². The maximum atomic E-state index is 12.5. The van der Waals surface area contributed by atoms with Crippen molar-refractivity contribution in [3.63, 3.8) is 0 Å². The Morgan fingerprint density at radius 2 is 2.10 bits per heavy atom. The minimum atomic E-state index is -0.119. The summed E-state index contributed by atoms with van der Waals surface area (Å²) in [5.41, 5.74) is 1.81. The normalized spacial score (nSPS) is 15.6. The molecule has 6 nitrogen and oxygen atoms in total. The van der Waals surface area contributed by atoms with Gasteiger partial charge < -0.3 is 14.3 Å². The number of hydrogen-bond donors (Lipinski definition) is 1. The number of carbonyl (C=O) groups is 2. The smallest absolute Gasteiger partial charge is 0.266 e. The quantitative estimate of drug-likeness (QED) is 0.481. The molecule has 1 aliphatic rings. The molecule has 8 heteroatoms. The van der Waals surface area contributed by atoms with Gasteiger partial charge in [-0.3, -0.25) is 14.5 Å². The number of amides is 2. The maximum absolute atomic E-state index is 12.5. The average Bonchev–Trinajstić information content (AvgIpc) is 3.41. The second-order valence-electron chi connectivity index (χ2n) is 6.51. The number of fused-ring (bicyclic) bond motifs is 1. The number of nitrogens with zero attached hydrogens (tertiary/aromatic N) is 2. The molecule has 1 saturated heterocycles. The van der Waals surface area contributed by atoms with E-state index < -0.39 is 0 Å². The number of benzene rings is 1. The molecule has 3 heterocycles. The van der Waals surface area contributed by atoms with Crippen LogP contribution in [-0.4, -0.2) is 32.1 Å². The van der Waals surface area contributed by atoms with Gasteiger partial charge in [0.25, 0.3) is 5.91 Å². The van der Waals surface area contributed by atoms with E-state index in [2.05, 4.69) is 5.32 Å². The summed E-state index contributed by atoms with van der Waals surface area (Å²) in [6.45, 7) is 2.98. The van der Waals surface area contributed by atoms with Crippen molar-refractivity contribution in [1.29, 1.82) is 0 Å². The monoisotopic (exact) mass is 425 g/mol. The molecule has 4 rings (SSSR count). The topological polar surface area (TPSA) is 67.5 Å². The Kier molecular flexibility index (Phi) is 5.55. The van der Waals surface area contributed by atoms with Gasteiger partial charge in [-0.25, -0.2) is 0 Å². The van der Waals surface area contributed by atoms with Gasteiger partial charge in [-0.1, -0.05) is 42.2 Å². The summed E-state index contributed by atoms with van der Waals surface area (Å²) in [6.07, 6.45) is 5.33. The Bertz CT molecular complexity index is 1120. The van der Waals surface area contributed by atoms with Crippen molar-refractivity contribution < 1.29 is 14.0 Å². The number of nitrogens with one attached hydrogen (secondary N) is 1. The Morgan fingerprint density at radius 1 is 1.28 bits per heavy atom. The second kappa shape index (κ2) is 8.26. The molecular weight excluding hydrogens is 406 g/mol. The van der Waals surface area contributed by atoms with Crippen LogP contribution in [0.1, 0.15) is 18.2 Å². The largest absolute Gasteiger partial charge is 0.467 e. The van der Waals surface area contributed by atoms with Crippen LogP contribution in [0.3, 0.4) is 0 Å². The van der Waals surface area contributed by atoms with Crippen LogP contribution in [0.2, 0.25) is 0 Å². The molecule has 2 amide bonds. The van der Waals surface area contributed by atoms with Crippen LogP contribution < -0.4 is 5.32 Å². The molecule has 1 N–H and O–H groups in total. The highest BCUT2D eigenvalue weighted by Crippen LogP contribution is 2.34. The van der Waals surface area contributed by atoms with Crippen molar-refractivity contribution in [2.45, 2.75) is 20.0 Å². The van der Waals surface area contributed by atoms with Crippen molar-refractivity contribution in [2.75, 3.05) is 6.54 Å². The van der Waals surface area contributed by atoms with E-state index >= 15 is 0 Å². The molecule has 0 spiro atoms. The lowest BCUT2D eigenvalue weighted by Crippen LogP contribution is -2.27. The third-order valence-corrected chi connectivity index (χ3v) is 6.03. The highest BCUT2D eigenvalue weighted by atomic mass is 32.2. The maximum Gasteiger partial charge on any atom is 0.266 e. The van der Waals surface area contributed by atoms with Gasteiger partial charge in [0.15, 0.2) is 0 Å². The van der Waals surface area contributed by atoms with Crippen LogP contribution in [0, 0.1) is 0 Å². The van der Waals surface area contributed by atoms with Crippen LogP contribution >= 0.6 is 24.0 Å². The van der Waals surface area contributed by atoms with E-state index in [0.29, 0.717) is 28.1 Å². The van der Waals surface area contributed by atoms with Crippen molar-refractivity contribution >= 4 is 57.1 Å². The molecule has 1 fully saturated rings. The van der Waals surface area contributed by atoms with Gasteiger partial charge in [-0.05, 0) is 31.2 Å². The zero-order valence-electron chi connectivity index (χ0n) is 15.8. The molecule has 0 atom stereocenters. The third-order valence-electron chi connectivity index (χ3n) is 4.65. The number of furan rings is 1. The Morgan fingerprint density at radius 3 is 2.83 bits per heavy atom. The number of rotatable bonds is 6. The Balaban J connectivity index is 1.59. The van der Waals surface area contributed by atoms with Crippen LogP contribution in [0.25, 0.3) is 17.0 Å². The molecule has 3 aromatic rings. The van der Waals surface area contributed by atoms with Crippen LogP contribution in [0.5, 0.6) is 0 Å². The van der Waals surface area contributed by atoms with Gasteiger partial charge >= 0.3 is 0 Å². The average molecular weight is 426 g/mol. The summed E-state index contributed by atoms with van der Waals surface area (Å²) in [7, 11) is 0. The first-order valence-electron chi connectivity index (χ1n) is 9.19. The van der Waals surface area contributed by atoms with Gasteiger partial charge in [0.05, 0.1) is 17.7 Å². The van der Waals surface area contributed by atoms with Gasteiger partial charge in [0.2, 0.25) is 5.91 Å². The second-order valence-corrected chi connectivity index (χ2v) is 8.19. The zero-order valence-corrected chi connectivity index (χ0v) is 17.4. The van der Waals surface area contributed by atoms with E-state index in [1.165, 1.54) is 11.8 Å². The number of likely N-dealkylation sites (N-methyl/N-ethyl adjacent to an activating group) is 1. The first kappa shape index (κ1) is 19.5. The van der Waals surface area contributed by atoms with Gasteiger partial charge in [0, 0.05) is 29.2 Å². The molecule has 0 radical (unpaired) electrons. The van der Waals surface area contributed by atoms with E-state index in [9.17, 15) is 9.59 Å². The number of aromatic nitrogens is 1. The predicted octanol–water partition coefficient (Wildman–Crippen LogP) is 3.77. The summed E-state index contributed by atoms with van der Waals surface area (Å²) >= 11 is 6.60. The molecular formula is C21H19N3O3S2. The highest BCUT2D eigenvalue weighted by molar-refractivity contribution is 8.26. The molecule has 2 aromatic heterocycles. The van der Waals surface area contributed by atoms with Gasteiger partial charge in [0.1, 0.15) is 16.6 Å². The number of para-hydroxylation sites is 1. The molecule has 1 aliphatic heterocycles. The van der Waals surface area contributed by atoms with Crippen LogP contribution in [-0.2, 0) is 22.7 Å². The molecule has 0 saturated carbocycles. The minimum Gasteiger partial charge on any atom is -0.467 e. The van der Waals surface area contributed by atoms with E-state index in [1.54, 1.807) is 17.2 Å². The van der Waals surface area contributed by atoms with E-state index in [0.717, 1.165) is 16.5 Å². The number of carbonyl (C=O) groups excluding carboxylic acids is 2. The van der Waals surface area contributed by atoms with Crippen molar-refractivity contribution in [1.82, 2.24) is 14.8 Å². The van der Waals surface area contributed by atoms with E-state index in [-0.39, 0.29) is 18.4 Å². The summed E-state index contributed by atoms with van der Waals surface area (Å²) < 4.78 is 7.70. The summed E-state index contributed by atoms with van der Waals surface area (Å²) in [5, 5.41) is 3.84. The van der Waals surface area contributed by atoms with Crippen molar-refractivity contribution in [3.8, 4) is 0 Å². The van der Waals surface area contributed by atoms with Crippen molar-refractivity contribution in [3.05, 3.63) is 65.1 Å². The highest BCUT2D eigenvalue weighted by Gasteiger charge is 2.30. The van der Waals surface area contributed by atoms with Gasteiger partial charge in [-0.2, -0.15) is 0 Å². The fraction of sp³-hybridized carbons (Fsp3) is 0.190. The van der Waals surface area contributed by atoms with Crippen LogP contribution in [0.4, 0.5) is 0 Å². The summed E-state index contributed by atoms with van der Waals surface area (Å²) in [4.78, 5) is 27.1. The summed E-state index contributed by atoms with van der Waals surface area (Å²) in [6, 6.07) is 11.4. The van der Waals surface area contributed by atoms with E-state index in [4.69, 9.17) is 16.6 Å².